The van der Waals surface area contributed by atoms with E-state index in [4.69, 9.17) is 0 Å². The van der Waals surface area contributed by atoms with E-state index in [-0.39, 0.29) is 23.7 Å². The van der Waals surface area contributed by atoms with Crippen LogP contribution in [-0.2, 0) is 4.79 Å². The molecule has 0 rings (SSSR count). The molecule has 0 spiro atoms. The predicted molar refractivity (Wildman–Crippen MR) is 72.0 cm³/mol. The lowest BCUT2D eigenvalue weighted by atomic mass is 9.83. The first-order valence-electron chi connectivity index (χ1n) is 5.71. The molecule has 0 aromatic carbocycles. The Hall–Kier alpha value is -0.280. The summed E-state index contributed by atoms with van der Waals surface area (Å²) in [4.78, 5) is 13.9. The van der Waals surface area contributed by atoms with Crippen LogP contribution in [0.1, 0.15) is 34.1 Å². The van der Waals surface area contributed by atoms with Crippen LogP contribution in [0.15, 0.2) is 0 Å². The van der Waals surface area contributed by atoms with E-state index in [0.29, 0.717) is 5.92 Å². The summed E-state index contributed by atoms with van der Waals surface area (Å²) in [6.45, 7) is 10.00. The maximum absolute atomic E-state index is 12.1. The second kappa shape index (κ2) is 7.91. The van der Waals surface area contributed by atoms with Crippen molar-refractivity contribution in [2.45, 2.75) is 34.1 Å². The molecule has 0 aliphatic carbocycles. The van der Waals surface area contributed by atoms with Crippen molar-refractivity contribution in [2.24, 2.45) is 11.3 Å². The largest absolute Gasteiger partial charge is 0.344 e. The summed E-state index contributed by atoms with van der Waals surface area (Å²) < 4.78 is 0. The quantitative estimate of drug-likeness (QED) is 0.784. The first-order chi connectivity index (χ1) is 6.81. The third kappa shape index (κ3) is 6.33. The van der Waals surface area contributed by atoms with Gasteiger partial charge in [0.15, 0.2) is 0 Å². The van der Waals surface area contributed by atoms with Gasteiger partial charge in [0.25, 0.3) is 0 Å². The highest BCUT2D eigenvalue weighted by molar-refractivity contribution is 5.85. The zero-order chi connectivity index (χ0) is 12.1. The van der Waals surface area contributed by atoms with Gasteiger partial charge >= 0.3 is 0 Å². The molecule has 1 N–H and O–H groups in total. The molecule has 1 amide bonds. The van der Waals surface area contributed by atoms with Crippen LogP contribution in [0.2, 0.25) is 0 Å². The van der Waals surface area contributed by atoms with E-state index < -0.39 is 0 Å². The molecule has 0 aliphatic rings. The number of amides is 1. The summed E-state index contributed by atoms with van der Waals surface area (Å²) in [5.74, 6) is 0.799. The van der Waals surface area contributed by atoms with Crippen molar-refractivity contribution in [3.8, 4) is 0 Å². The fourth-order valence-corrected chi connectivity index (χ4v) is 2.01. The second-order valence-corrected chi connectivity index (χ2v) is 5.31. The Labute approximate surface area is 106 Å². The average Bonchev–Trinajstić information content (AvgIpc) is 2.10. The zero-order valence-electron chi connectivity index (χ0n) is 11.5. The minimum absolute atomic E-state index is 0. The van der Waals surface area contributed by atoms with Gasteiger partial charge in [-0.05, 0) is 19.4 Å². The van der Waals surface area contributed by atoms with E-state index in [9.17, 15) is 4.79 Å². The summed E-state index contributed by atoms with van der Waals surface area (Å²) in [6, 6.07) is 0. The number of rotatable bonds is 6. The van der Waals surface area contributed by atoms with E-state index in [2.05, 4.69) is 19.2 Å². The molecular weight excluding hydrogens is 224 g/mol. The molecule has 16 heavy (non-hydrogen) atoms. The number of hydrogen-bond donors (Lipinski definition) is 1. The molecular formula is C12H27ClN2O. The Bertz CT molecular complexity index is 205. The maximum atomic E-state index is 12.1. The van der Waals surface area contributed by atoms with Gasteiger partial charge in [-0.1, -0.05) is 27.7 Å². The van der Waals surface area contributed by atoms with Gasteiger partial charge in [0, 0.05) is 25.6 Å². The van der Waals surface area contributed by atoms with E-state index in [1.54, 1.807) is 0 Å². The molecule has 0 bridgehead atoms. The van der Waals surface area contributed by atoms with E-state index in [0.717, 1.165) is 19.5 Å². The molecule has 0 atom stereocenters. The van der Waals surface area contributed by atoms with Gasteiger partial charge in [-0.15, -0.1) is 12.4 Å². The molecule has 0 radical (unpaired) electrons. The van der Waals surface area contributed by atoms with Crippen molar-refractivity contribution in [2.75, 3.05) is 27.2 Å². The Morgan fingerprint density at radius 1 is 1.38 bits per heavy atom. The Morgan fingerprint density at radius 2 is 1.88 bits per heavy atom. The molecule has 3 nitrogen and oxygen atoms in total. The Balaban J connectivity index is 0. The fourth-order valence-electron chi connectivity index (χ4n) is 2.01. The molecule has 0 unspecified atom stereocenters. The van der Waals surface area contributed by atoms with Crippen LogP contribution >= 0.6 is 12.4 Å². The van der Waals surface area contributed by atoms with E-state index in [1.807, 2.05) is 32.8 Å². The summed E-state index contributed by atoms with van der Waals surface area (Å²) >= 11 is 0. The molecule has 98 valence electrons. The highest BCUT2D eigenvalue weighted by Gasteiger charge is 2.30. The molecule has 0 aromatic rings. The number of carbonyl (C=O) groups excluding carboxylic acids is 1. The van der Waals surface area contributed by atoms with Crippen molar-refractivity contribution < 1.29 is 4.79 Å². The van der Waals surface area contributed by atoms with Gasteiger partial charge < -0.3 is 10.2 Å². The smallest absolute Gasteiger partial charge is 0.228 e. The Kier molecular flexibility index (Phi) is 8.94. The van der Waals surface area contributed by atoms with Crippen molar-refractivity contribution >= 4 is 18.3 Å². The van der Waals surface area contributed by atoms with Crippen LogP contribution in [0, 0.1) is 11.3 Å². The fraction of sp³-hybridized carbons (Fsp3) is 0.917. The second-order valence-electron chi connectivity index (χ2n) is 5.31. The summed E-state index contributed by atoms with van der Waals surface area (Å²) in [6.07, 6.45) is 0.940. The van der Waals surface area contributed by atoms with E-state index >= 15 is 0 Å². The number of nitrogens with zero attached hydrogens (tertiary/aromatic N) is 1. The van der Waals surface area contributed by atoms with Gasteiger partial charge in [0.2, 0.25) is 5.91 Å². The van der Waals surface area contributed by atoms with Gasteiger partial charge in [-0.25, -0.2) is 0 Å². The van der Waals surface area contributed by atoms with Gasteiger partial charge in [0.05, 0.1) is 0 Å². The standard InChI is InChI=1S/C12H26N2O.ClH/c1-10(2)9-12(3,4)11(15)14(6)8-7-13-5;/h10,13H,7-9H2,1-6H3;1H. The SMILES string of the molecule is CNCCN(C)C(=O)C(C)(C)CC(C)C.Cl. The Morgan fingerprint density at radius 3 is 2.25 bits per heavy atom. The molecule has 0 aromatic heterocycles. The summed E-state index contributed by atoms with van der Waals surface area (Å²) in [5, 5.41) is 3.05. The van der Waals surface area contributed by atoms with Crippen molar-refractivity contribution in [1.29, 1.82) is 0 Å². The normalized spacial score (nSPS) is 11.2. The molecule has 0 aliphatic heterocycles. The minimum atomic E-state index is -0.239. The van der Waals surface area contributed by atoms with Crippen LogP contribution in [-0.4, -0.2) is 38.0 Å². The molecule has 0 saturated carbocycles. The lowest BCUT2D eigenvalue weighted by Gasteiger charge is -2.30. The third-order valence-electron chi connectivity index (χ3n) is 2.54. The van der Waals surface area contributed by atoms with Crippen LogP contribution in [0.4, 0.5) is 0 Å². The first-order valence-corrected chi connectivity index (χ1v) is 5.71. The van der Waals surface area contributed by atoms with Gasteiger partial charge in [-0.3, -0.25) is 4.79 Å². The molecule has 0 heterocycles. The van der Waals surface area contributed by atoms with Crippen LogP contribution in [0.3, 0.4) is 0 Å². The molecule has 0 saturated heterocycles. The topological polar surface area (TPSA) is 32.3 Å². The van der Waals surface area contributed by atoms with Crippen molar-refractivity contribution in [3.63, 3.8) is 0 Å². The summed E-state index contributed by atoms with van der Waals surface area (Å²) in [7, 11) is 3.78. The lowest BCUT2D eigenvalue weighted by Crippen LogP contribution is -2.41. The number of carbonyl (C=O) groups is 1. The van der Waals surface area contributed by atoms with Crippen LogP contribution in [0.25, 0.3) is 0 Å². The molecule has 0 fully saturated rings. The highest BCUT2D eigenvalue weighted by atomic mass is 35.5. The van der Waals surface area contributed by atoms with Gasteiger partial charge in [0.1, 0.15) is 0 Å². The summed E-state index contributed by atoms with van der Waals surface area (Å²) in [5.41, 5.74) is -0.239. The first kappa shape index (κ1) is 18.1. The predicted octanol–water partition coefficient (Wildman–Crippen LogP) is 2.16. The zero-order valence-corrected chi connectivity index (χ0v) is 12.3. The number of hydrogen-bond acceptors (Lipinski definition) is 2. The highest BCUT2D eigenvalue weighted by Crippen LogP contribution is 2.27. The number of halogens is 1. The third-order valence-corrected chi connectivity index (χ3v) is 2.54. The van der Waals surface area contributed by atoms with Crippen LogP contribution < -0.4 is 5.32 Å². The van der Waals surface area contributed by atoms with Crippen LogP contribution in [0.5, 0.6) is 0 Å². The van der Waals surface area contributed by atoms with Crippen molar-refractivity contribution in [3.05, 3.63) is 0 Å². The number of likely N-dealkylation sites (N-methyl/N-ethyl adjacent to an activating group) is 2. The lowest BCUT2D eigenvalue weighted by molar-refractivity contribution is -0.139. The average molecular weight is 251 g/mol. The minimum Gasteiger partial charge on any atom is -0.344 e. The monoisotopic (exact) mass is 250 g/mol. The van der Waals surface area contributed by atoms with Crippen molar-refractivity contribution in [1.82, 2.24) is 10.2 Å². The molecule has 4 heteroatoms. The maximum Gasteiger partial charge on any atom is 0.228 e. The van der Waals surface area contributed by atoms with Gasteiger partial charge in [-0.2, -0.15) is 0 Å². The number of nitrogens with one attached hydrogen (secondary N) is 1. The van der Waals surface area contributed by atoms with E-state index in [1.165, 1.54) is 0 Å².